The van der Waals surface area contributed by atoms with Crippen LogP contribution in [0.4, 0.5) is 17.1 Å². The monoisotopic (exact) mass is 785 g/mol. The predicted octanol–water partition coefficient (Wildman–Crippen LogP) is 7.69. The molecule has 0 unspecified atom stereocenters. The van der Waals surface area contributed by atoms with Crippen molar-refractivity contribution >= 4 is 57.3 Å². The molecule has 7 aromatic rings. The number of rotatable bonds is 5. The number of anilines is 3. The Balaban J connectivity index is 0.00000364. The number of fused-ring (bicyclic) bond motifs is 4. The molecule has 0 aliphatic carbocycles. The quantitative estimate of drug-likeness (QED) is 0.102. The zero-order valence-electron chi connectivity index (χ0n) is 27.7. The summed E-state index contributed by atoms with van der Waals surface area (Å²) in [6, 6.07) is 48.3. The molecule has 0 saturated heterocycles. The van der Waals surface area contributed by atoms with Gasteiger partial charge < -0.3 is 4.57 Å². The topological polar surface area (TPSA) is 37.1 Å². The maximum Gasteiger partial charge on any atom is 0.145 e. The Kier molecular flexibility index (Phi) is 6.57. The zero-order chi connectivity index (χ0) is 32.3. The number of hydrogen-bond acceptors (Lipinski definition) is 3. The Labute approximate surface area is 282 Å². The summed E-state index contributed by atoms with van der Waals surface area (Å²) in [4.78, 5) is 9.35. The van der Waals surface area contributed by atoms with Gasteiger partial charge in [0.15, 0.2) is 0 Å². The summed E-state index contributed by atoms with van der Waals surface area (Å²) in [6.07, 6.45) is 1.87. The number of benzene rings is 5. The first-order valence-electron chi connectivity index (χ1n) is 16.1. The Morgan fingerprint density at radius 1 is 0.711 bits per heavy atom. The van der Waals surface area contributed by atoms with Crippen molar-refractivity contribution < 1.29 is 30.1 Å². The summed E-state index contributed by atoms with van der Waals surface area (Å²) in [6.45, 7) is 2.19. The Hall–Kier alpha value is -4.48. The maximum atomic E-state index is 8.03. The number of para-hydroxylation sites is 3. The van der Waals surface area contributed by atoms with Gasteiger partial charge in [0.2, 0.25) is 0 Å². The van der Waals surface area contributed by atoms with Crippen LogP contribution in [0, 0.1) is 12.1 Å². The molecule has 0 amide bonds. The van der Waals surface area contributed by atoms with Gasteiger partial charge in [-0.15, -0.1) is 21.6 Å². The number of hydrogen-bond donors (Lipinski definition) is 0. The van der Waals surface area contributed by atoms with Gasteiger partial charge in [0.25, 0.3) is 0 Å². The molecule has 0 radical (unpaired) electrons. The van der Waals surface area contributed by atoms with Crippen molar-refractivity contribution in [2.75, 3.05) is 17.1 Å². The third kappa shape index (κ3) is 4.90. The predicted molar refractivity (Wildman–Crippen MR) is 184 cm³/mol. The van der Waals surface area contributed by atoms with Crippen LogP contribution in [0.25, 0.3) is 38.8 Å². The summed E-state index contributed by atoms with van der Waals surface area (Å²) in [5, 5.41) is 7.25. The SMILES string of the molecule is [2H]C([2H])([2H])N1[OH+]N(c2[c-]c([Si](C)(C)c3[c-]c4c(cc3)c3ccccc3n4-c3cc(-c4ccccc4)ccn3)ccc2)c2ccccc21.[Pt]. The first kappa shape index (κ1) is 25.8. The molecule has 5 nitrogen and oxygen atoms in total. The van der Waals surface area contributed by atoms with Crippen molar-refractivity contribution in [2.24, 2.45) is 0 Å². The average molecular weight is 786 g/mol. The molecule has 0 fully saturated rings. The van der Waals surface area contributed by atoms with Crippen molar-refractivity contribution in [1.82, 2.24) is 9.55 Å². The molecule has 0 saturated carbocycles. The van der Waals surface area contributed by atoms with Crippen LogP contribution < -0.4 is 20.5 Å². The van der Waals surface area contributed by atoms with E-state index >= 15 is 0 Å². The first-order chi connectivity index (χ1) is 22.7. The van der Waals surface area contributed by atoms with Gasteiger partial charge in [-0.05, 0) is 46.8 Å². The molecule has 1 aliphatic rings. The van der Waals surface area contributed by atoms with Gasteiger partial charge >= 0.3 is 0 Å². The molecule has 5 aromatic carbocycles. The molecule has 8 rings (SSSR count). The number of pyridine rings is 1. The van der Waals surface area contributed by atoms with Crippen LogP contribution in [-0.2, 0) is 21.1 Å². The molecule has 224 valence electrons. The number of aromatic nitrogens is 2. The molecule has 7 heteroatoms. The standard InChI is InChI=1S/C38H30N4OSi.Pt/c1-40-35-18-9-10-19-36(35)42(43-40)29-14-11-15-30(25-29)44(2,3)31-20-21-33-32-16-7-8-17-34(32)41(37(33)26-31)38-24-28(22-23-39-38)27-12-5-4-6-13-27;/h4-24H,1-3H3;/q-2;/p+1/i1D3;. The largest absolute Gasteiger partial charge is 0.319 e. The molecule has 0 bridgehead atoms. The van der Waals surface area contributed by atoms with Gasteiger partial charge in [0.1, 0.15) is 17.2 Å². The van der Waals surface area contributed by atoms with Gasteiger partial charge in [-0.25, -0.2) is 4.98 Å². The molecule has 1 aliphatic heterocycles. The third-order valence-corrected chi connectivity index (χ3v) is 11.8. The Morgan fingerprint density at radius 2 is 1.47 bits per heavy atom. The fourth-order valence-corrected chi connectivity index (χ4v) is 8.30. The van der Waals surface area contributed by atoms with Crippen LogP contribution >= 0.6 is 0 Å². The van der Waals surface area contributed by atoms with E-state index in [0.717, 1.165) is 54.2 Å². The van der Waals surface area contributed by atoms with Crippen molar-refractivity contribution in [3.05, 3.63) is 140 Å². The molecule has 2 aromatic heterocycles. The van der Waals surface area contributed by atoms with Crippen molar-refractivity contribution in [3.63, 3.8) is 0 Å². The minimum Gasteiger partial charge on any atom is -0.319 e. The van der Waals surface area contributed by atoms with E-state index in [1.54, 1.807) is 11.1 Å². The second-order valence-corrected chi connectivity index (χ2v) is 15.9. The van der Waals surface area contributed by atoms with Crippen LogP contribution in [0.2, 0.25) is 13.1 Å². The summed E-state index contributed by atoms with van der Waals surface area (Å²) in [5.41, 5.74) is 6.24. The first-order valence-corrected chi connectivity index (χ1v) is 17.6. The van der Waals surface area contributed by atoms with Crippen molar-refractivity contribution in [1.29, 1.82) is 0 Å². The van der Waals surface area contributed by atoms with Crippen LogP contribution in [0.3, 0.4) is 0 Å². The summed E-state index contributed by atoms with van der Waals surface area (Å²) >= 11 is 0. The fraction of sp³-hybridized carbons (Fsp3) is 0.0789. The second kappa shape index (κ2) is 11.5. The second-order valence-electron chi connectivity index (χ2n) is 11.5. The molecule has 45 heavy (non-hydrogen) atoms. The minimum absolute atomic E-state index is 0. The molecule has 3 heterocycles. The van der Waals surface area contributed by atoms with Crippen LogP contribution in [0.1, 0.15) is 4.11 Å². The molecule has 0 spiro atoms. The van der Waals surface area contributed by atoms with E-state index in [1.165, 1.54) is 0 Å². The smallest absolute Gasteiger partial charge is 0.145 e. The van der Waals surface area contributed by atoms with E-state index in [9.17, 15) is 0 Å². The average Bonchev–Trinajstić information content (AvgIpc) is 3.65. The maximum absolute atomic E-state index is 8.03. The molecule has 0 atom stereocenters. The van der Waals surface area contributed by atoms with Crippen LogP contribution in [0.5, 0.6) is 0 Å². The fourth-order valence-electron chi connectivity index (χ4n) is 6.12. The van der Waals surface area contributed by atoms with Crippen molar-refractivity contribution in [3.8, 4) is 16.9 Å². The normalized spacial score (nSPS) is 14.1. The van der Waals surface area contributed by atoms with E-state index in [-0.39, 0.29) is 21.1 Å². The summed E-state index contributed by atoms with van der Waals surface area (Å²) in [5.74, 6) is 0.840. The number of nitrogens with zero attached hydrogens (tertiary/aromatic N) is 4. The van der Waals surface area contributed by atoms with Gasteiger partial charge in [0, 0.05) is 38.5 Å². The zero-order valence-corrected chi connectivity index (χ0v) is 27.9. The van der Waals surface area contributed by atoms with Crippen LogP contribution in [0.15, 0.2) is 128 Å². The van der Waals surface area contributed by atoms with E-state index < -0.39 is 15.0 Å². The van der Waals surface area contributed by atoms with Crippen molar-refractivity contribution in [2.45, 2.75) is 13.1 Å². The van der Waals surface area contributed by atoms with Gasteiger partial charge in [-0.3, -0.25) is 0 Å². The molecular formula is C38H31N4OPtSi-. The summed E-state index contributed by atoms with van der Waals surface area (Å²) in [7, 11) is -2.37. The van der Waals surface area contributed by atoms with Crippen LogP contribution in [-0.4, -0.2) is 29.5 Å². The van der Waals surface area contributed by atoms with E-state index in [1.807, 2.05) is 48.7 Å². The van der Waals surface area contributed by atoms with Gasteiger partial charge in [-0.1, -0.05) is 79.3 Å². The Morgan fingerprint density at radius 3 is 2.31 bits per heavy atom. The van der Waals surface area contributed by atoms with E-state index in [2.05, 4.69) is 108 Å². The molecule has 1 N–H and O–H groups in total. The third-order valence-electron chi connectivity index (χ3n) is 8.54. The summed E-state index contributed by atoms with van der Waals surface area (Å²) < 4.78 is 26.3. The Bertz CT molecular complexity index is 2290. The molecular weight excluding hydrogens is 752 g/mol. The van der Waals surface area contributed by atoms with Gasteiger partial charge in [0.05, 0.1) is 19.2 Å². The van der Waals surface area contributed by atoms with Gasteiger partial charge in [-0.2, -0.15) is 51.7 Å². The number of hydroxylamine groups is 1. The van der Waals surface area contributed by atoms with E-state index in [0.29, 0.717) is 17.1 Å². The van der Waals surface area contributed by atoms with E-state index in [4.69, 9.17) is 9.10 Å². The minimum atomic E-state index is -2.41.